The van der Waals surface area contributed by atoms with E-state index in [0.717, 1.165) is 16.3 Å². The average molecular weight is 308 g/mol. The lowest BCUT2D eigenvalue weighted by atomic mass is 10.2. The molecule has 92 valence electrons. The molecule has 0 bridgehead atoms. The van der Waals surface area contributed by atoms with Gasteiger partial charge in [0.05, 0.1) is 5.56 Å². The van der Waals surface area contributed by atoms with Crippen molar-refractivity contribution in [3.05, 3.63) is 62.6 Å². The molecule has 1 N–H and O–H groups in total. The summed E-state index contributed by atoms with van der Waals surface area (Å²) in [6.07, 6.45) is 1.14. The highest BCUT2D eigenvalue weighted by Gasteiger charge is 2.07. The number of benzene rings is 1. The highest BCUT2D eigenvalue weighted by atomic mass is 79.9. The predicted octanol–water partition coefficient (Wildman–Crippen LogP) is 2.96. The first kappa shape index (κ1) is 12.6. The van der Waals surface area contributed by atoms with Crippen molar-refractivity contribution in [2.24, 2.45) is 0 Å². The molecule has 0 aliphatic rings. The van der Waals surface area contributed by atoms with Crippen LogP contribution in [-0.2, 0) is 0 Å². The topological polar surface area (TPSA) is 59.3 Å². The molecule has 18 heavy (non-hydrogen) atoms. The molecule has 0 fully saturated rings. The van der Waals surface area contributed by atoms with Crippen LogP contribution in [0.2, 0.25) is 0 Å². The first-order chi connectivity index (χ1) is 8.56. The van der Waals surface area contributed by atoms with E-state index in [1.807, 2.05) is 19.1 Å². The lowest BCUT2D eigenvalue weighted by Gasteiger charge is -2.06. The maximum absolute atomic E-state index is 11.8. The van der Waals surface area contributed by atoms with Gasteiger partial charge in [-0.25, -0.2) is 4.79 Å². The second-order valence-corrected chi connectivity index (χ2v) is 4.62. The molecule has 0 radical (unpaired) electrons. The van der Waals surface area contributed by atoms with Crippen molar-refractivity contribution in [3.8, 4) is 0 Å². The predicted molar refractivity (Wildman–Crippen MR) is 71.8 cm³/mol. The molecule has 1 amide bonds. The number of anilines is 1. The average Bonchev–Trinajstić information content (AvgIpc) is 2.34. The van der Waals surface area contributed by atoms with E-state index in [1.54, 1.807) is 6.07 Å². The van der Waals surface area contributed by atoms with Gasteiger partial charge in [-0.05, 0) is 36.8 Å². The molecular formula is C13H10BrNO3. The molecule has 0 atom stereocenters. The normalized spacial score (nSPS) is 10.1. The molecule has 0 aliphatic carbocycles. The maximum Gasteiger partial charge on any atom is 0.335 e. The van der Waals surface area contributed by atoms with Crippen LogP contribution in [0.25, 0.3) is 0 Å². The van der Waals surface area contributed by atoms with Crippen molar-refractivity contribution >= 4 is 27.5 Å². The van der Waals surface area contributed by atoms with E-state index in [2.05, 4.69) is 25.7 Å². The summed E-state index contributed by atoms with van der Waals surface area (Å²) in [7, 11) is 0. The second kappa shape index (κ2) is 5.18. The van der Waals surface area contributed by atoms with Gasteiger partial charge in [-0.1, -0.05) is 15.9 Å². The molecule has 0 saturated heterocycles. The zero-order valence-corrected chi connectivity index (χ0v) is 11.2. The second-order valence-electron chi connectivity index (χ2n) is 3.76. The smallest absolute Gasteiger partial charge is 0.335 e. The molecule has 4 nitrogen and oxygen atoms in total. The molecule has 2 rings (SSSR count). The molecule has 2 aromatic rings. The van der Waals surface area contributed by atoms with Gasteiger partial charge in [0.1, 0.15) is 6.26 Å². The van der Waals surface area contributed by atoms with Crippen LogP contribution < -0.4 is 10.9 Å². The van der Waals surface area contributed by atoms with E-state index >= 15 is 0 Å². The minimum absolute atomic E-state index is 0.301. The van der Waals surface area contributed by atoms with E-state index in [4.69, 9.17) is 0 Å². The zero-order chi connectivity index (χ0) is 13.1. The molecular weight excluding hydrogens is 298 g/mol. The third kappa shape index (κ3) is 2.87. The minimum atomic E-state index is -0.481. The summed E-state index contributed by atoms with van der Waals surface area (Å²) in [5.74, 6) is -0.319. The fourth-order valence-corrected chi connectivity index (χ4v) is 1.66. The van der Waals surface area contributed by atoms with Gasteiger partial charge in [-0.3, -0.25) is 4.79 Å². The van der Waals surface area contributed by atoms with Crippen LogP contribution in [0.5, 0.6) is 0 Å². The van der Waals surface area contributed by atoms with E-state index in [1.165, 1.54) is 12.1 Å². The van der Waals surface area contributed by atoms with Crippen molar-refractivity contribution in [2.75, 3.05) is 5.32 Å². The standard InChI is InChI=1S/C13H10BrNO3/c1-8-6-10(3-4-11(8)14)15-13(17)9-2-5-12(16)18-7-9/h2-7H,1H3,(H,15,17). The molecule has 5 heteroatoms. The van der Waals surface area contributed by atoms with Gasteiger partial charge in [0.2, 0.25) is 0 Å². The number of carbonyl (C=O) groups excluding carboxylic acids is 1. The Bertz CT molecular complexity index is 628. The Morgan fingerprint density at radius 2 is 2.06 bits per heavy atom. The lowest BCUT2D eigenvalue weighted by molar-refractivity contribution is 0.102. The van der Waals surface area contributed by atoms with Gasteiger partial charge in [0, 0.05) is 16.2 Å². The Balaban J connectivity index is 2.18. The highest BCUT2D eigenvalue weighted by molar-refractivity contribution is 9.10. The summed E-state index contributed by atoms with van der Waals surface area (Å²) in [6.45, 7) is 1.93. The van der Waals surface area contributed by atoms with Gasteiger partial charge in [-0.15, -0.1) is 0 Å². The van der Waals surface area contributed by atoms with Crippen molar-refractivity contribution in [3.63, 3.8) is 0 Å². The quantitative estimate of drug-likeness (QED) is 0.928. The van der Waals surface area contributed by atoms with Gasteiger partial charge in [0.15, 0.2) is 0 Å². The van der Waals surface area contributed by atoms with Crippen LogP contribution >= 0.6 is 15.9 Å². The fourth-order valence-electron chi connectivity index (χ4n) is 1.41. The van der Waals surface area contributed by atoms with E-state index < -0.39 is 5.63 Å². The van der Waals surface area contributed by atoms with Crippen LogP contribution in [0.15, 0.2) is 50.3 Å². The molecule has 0 spiro atoms. The number of nitrogens with one attached hydrogen (secondary N) is 1. The number of aryl methyl sites for hydroxylation is 1. The highest BCUT2D eigenvalue weighted by Crippen LogP contribution is 2.20. The van der Waals surface area contributed by atoms with E-state index in [9.17, 15) is 9.59 Å². The number of carbonyl (C=O) groups is 1. The Morgan fingerprint density at radius 1 is 1.28 bits per heavy atom. The first-order valence-electron chi connectivity index (χ1n) is 5.22. The summed E-state index contributed by atoms with van der Waals surface area (Å²) in [4.78, 5) is 22.6. The SMILES string of the molecule is Cc1cc(NC(=O)c2ccc(=O)oc2)ccc1Br. The Hall–Kier alpha value is -1.88. The van der Waals surface area contributed by atoms with Crippen LogP contribution in [0.4, 0.5) is 5.69 Å². The number of rotatable bonds is 2. The summed E-state index contributed by atoms with van der Waals surface area (Å²) in [5.41, 5.74) is 1.53. The van der Waals surface area contributed by atoms with Crippen LogP contribution in [-0.4, -0.2) is 5.91 Å². The van der Waals surface area contributed by atoms with Gasteiger partial charge in [0.25, 0.3) is 5.91 Å². The van der Waals surface area contributed by atoms with Gasteiger partial charge in [-0.2, -0.15) is 0 Å². The third-order valence-electron chi connectivity index (χ3n) is 2.38. The van der Waals surface area contributed by atoms with Crippen molar-refractivity contribution in [1.82, 2.24) is 0 Å². The van der Waals surface area contributed by atoms with Crippen LogP contribution in [0.3, 0.4) is 0 Å². The molecule has 0 aliphatic heterocycles. The van der Waals surface area contributed by atoms with Gasteiger partial charge >= 0.3 is 5.63 Å². The Labute approximate surface area is 112 Å². The fraction of sp³-hybridized carbons (Fsp3) is 0.0769. The molecule has 1 aromatic carbocycles. The van der Waals surface area contributed by atoms with Gasteiger partial charge < -0.3 is 9.73 Å². The van der Waals surface area contributed by atoms with Crippen LogP contribution in [0, 0.1) is 6.92 Å². The van der Waals surface area contributed by atoms with E-state index in [-0.39, 0.29) is 5.91 Å². The third-order valence-corrected chi connectivity index (χ3v) is 3.27. The largest absolute Gasteiger partial charge is 0.430 e. The number of halogens is 1. The number of hydrogen-bond donors (Lipinski definition) is 1. The summed E-state index contributed by atoms with van der Waals surface area (Å²) >= 11 is 3.39. The molecule has 1 heterocycles. The Kier molecular flexibility index (Phi) is 3.62. The maximum atomic E-state index is 11.8. The van der Waals surface area contributed by atoms with Crippen molar-refractivity contribution in [2.45, 2.75) is 6.92 Å². The number of hydrogen-bond acceptors (Lipinski definition) is 3. The van der Waals surface area contributed by atoms with Crippen molar-refractivity contribution < 1.29 is 9.21 Å². The number of amides is 1. The monoisotopic (exact) mass is 307 g/mol. The summed E-state index contributed by atoms with van der Waals surface area (Å²) in [5, 5.41) is 2.72. The first-order valence-corrected chi connectivity index (χ1v) is 6.02. The Morgan fingerprint density at radius 3 is 2.67 bits per heavy atom. The lowest BCUT2D eigenvalue weighted by Crippen LogP contribution is -2.13. The van der Waals surface area contributed by atoms with E-state index in [0.29, 0.717) is 11.3 Å². The molecule has 1 aromatic heterocycles. The summed E-state index contributed by atoms with van der Waals surface area (Å²) < 4.78 is 5.61. The molecule has 0 unspecified atom stereocenters. The van der Waals surface area contributed by atoms with Crippen molar-refractivity contribution in [1.29, 1.82) is 0 Å². The minimum Gasteiger partial charge on any atom is -0.430 e. The zero-order valence-electron chi connectivity index (χ0n) is 9.57. The summed E-state index contributed by atoms with van der Waals surface area (Å²) in [6, 6.07) is 8.12. The molecule has 0 saturated carbocycles. The van der Waals surface area contributed by atoms with Crippen LogP contribution in [0.1, 0.15) is 15.9 Å².